The van der Waals surface area contributed by atoms with Gasteiger partial charge in [0.1, 0.15) is 6.04 Å². The number of hydrogen-bond acceptors (Lipinski definition) is 5. The van der Waals surface area contributed by atoms with Gasteiger partial charge in [-0.15, -0.1) is 0 Å². The van der Waals surface area contributed by atoms with Crippen molar-refractivity contribution in [2.24, 2.45) is 0 Å². The largest absolute Gasteiger partial charge is 0.329 e. The molecule has 1 fully saturated rings. The van der Waals surface area contributed by atoms with Crippen molar-refractivity contribution in [3.8, 4) is 6.07 Å². The molecular formula is C22H21N5O4. The lowest BCUT2D eigenvalue weighted by atomic mass is 10.1. The van der Waals surface area contributed by atoms with Crippen LogP contribution < -0.4 is 20.4 Å². The average Bonchev–Trinajstić information content (AvgIpc) is 3.05. The van der Waals surface area contributed by atoms with E-state index >= 15 is 0 Å². The molecule has 2 aromatic carbocycles. The van der Waals surface area contributed by atoms with Gasteiger partial charge < -0.3 is 15.5 Å². The third kappa shape index (κ3) is 4.70. The molecule has 1 heterocycles. The number of amides is 5. The Balaban J connectivity index is 1.62. The normalized spacial score (nSPS) is 15.3. The number of imide groups is 1. The van der Waals surface area contributed by atoms with Crippen molar-refractivity contribution in [3.05, 3.63) is 54.1 Å². The van der Waals surface area contributed by atoms with E-state index in [4.69, 9.17) is 5.26 Å². The van der Waals surface area contributed by atoms with E-state index in [1.54, 1.807) is 31.3 Å². The summed E-state index contributed by atoms with van der Waals surface area (Å²) in [6, 6.07) is 13.5. The van der Waals surface area contributed by atoms with Crippen molar-refractivity contribution in [1.29, 1.82) is 5.26 Å². The molecule has 9 heteroatoms. The van der Waals surface area contributed by atoms with Gasteiger partial charge in [0.2, 0.25) is 11.8 Å². The maximum absolute atomic E-state index is 12.7. The minimum atomic E-state index is -0.830. The number of nitrogens with one attached hydrogen (secondary N) is 2. The zero-order chi connectivity index (χ0) is 22.5. The highest BCUT2D eigenvalue weighted by Gasteiger charge is 2.38. The summed E-state index contributed by atoms with van der Waals surface area (Å²) in [6.07, 6.45) is 0.115. The van der Waals surface area contributed by atoms with Gasteiger partial charge in [-0.1, -0.05) is 12.1 Å². The maximum atomic E-state index is 12.7. The smallest absolute Gasteiger partial charge is 0.325 e. The Morgan fingerprint density at radius 3 is 2.48 bits per heavy atom. The van der Waals surface area contributed by atoms with Gasteiger partial charge in [0.05, 0.1) is 28.7 Å². The Hall–Kier alpha value is -4.19. The Morgan fingerprint density at radius 1 is 1.16 bits per heavy atom. The lowest BCUT2D eigenvalue weighted by Crippen LogP contribution is -2.32. The fourth-order valence-corrected chi connectivity index (χ4v) is 3.19. The van der Waals surface area contributed by atoms with Crippen LogP contribution in [-0.4, -0.2) is 36.8 Å². The van der Waals surface area contributed by atoms with E-state index in [2.05, 4.69) is 10.6 Å². The van der Waals surface area contributed by atoms with Crippen LogP contribution in [0.2, 0.25) is 0 Å². The quantitative estimate of drug-likeness (QED) is 0.696. The van der Waals surface area contributed by atoms with E-state index in [1.165, 1.54) is 36.1 Å². The Labute approximate surface area is 179 Å². The molecule has 3 rings (SSSR count). The number of benzene rings is 2. The molecule has 0 saturated carbocycles. The van der Waals surface area contributed by atoms with Crippen molar-refractivity contribution >= 4 is 40.8 Å². The molecule has 2 N–H and O–H groups in total. The van der Waals surface area contributed by atoms with Gasteiger partial charge in [0.15, 0.2) is 0 Å². The highest BCUT2D eigenvalue weighted by Crippen LogP contribution is 2.25. The van der Waals surface area contributed by atoms with E-state index in [9.17, 15) is 19.2 Å². The van der Waals surface area contributed by atoms with Crippen LogP contribution in [0.5, 0.6) is 0 Å². The molecule has 1 atom stereocenters. The lowest BCUT2D eigenvalue weighted by molar-refractivity contribution is -0.119. The molecule has 1 unspecified atom stereocenters. The number of anilines is 3. The van der Waals surface area contributed by atoms with Gasteiger partial charge in [-0.05, 0) is 42.8 Å². The molecule has 2 aromatic rings. The summed E-state index contributed by atoms with van der Waals surface area (Å²) in [5.74, 6) is -0.980. The fraction of sp³-hybridized carbons (Fsp3) is 0.227. The van der Waals surface area contributed by atoms with Gasteiger partial charge in [-0.2, -0.15) is 5.26 Å². The number of urea groups is 1. The number of carbonyl (C=O) groups is 4. The molecule has 0 spiro atoms. The van der Waals surface area contributed by atoms with Crippen LogP contribution in [0.15, 0.2) is 48.5 Å². The molecule has 1 aliphatic heterocycles. The highest BCUT2D eigenvalue weighted by molar-refractivity contribution is 6.21. The van der Waals surface area contributed by atoms with Crippen molar-refractivity contribution in [1.82, 2.24) is 5.32 Å². The summed E-state index contributed by atoms with van der Waals surface area (Å²) in [7, 11) is 1.61. The number of nitrogens with zero attached hydrogens (tertiary/aromatic N) is 3. The van der Waals surface area contributed by atoms with Gasteiger partial charge in [-0.3, -0.25) is 14.4 Å². The van der Waals surface area contributed by atoms with Gasteiger partial charge in [0, 0.05) is 20.4 Å². The van der Waals surface area contributed by atoms with E-state index in [-0.39, 0.29) is 24.7 Å². The van der Waals surface area contributed by atoms with Crippen LogP contribution in [-0.2, 0) is 14.4 Å². The van der Waals surface area contributed by atoms with Crippen molar-refractivity contribution in [2.45, 2.75) is 25.8 Å². The molecule has 158 valence electrons. The lowest BCUT2D eigenvalue weighted by Gasteiger charge is -2.19. The molecule has 9 nitrogen and oxygen atoms in total. The van der Waals surface area contributed by atoms with Crippen LogP contribution in [0.1, 0.15) is 25.3 Å². The molecule has 0 aliphatic carbocycles. The van der Waals surface area contributed by atoms with Gasteiger partial charge >= 0.3 is 6.03 Å². The Bertz CT molecular complexity index is 1070. The second-order valence-electron chi connectivity index (χ2n) is 7.02. The fourth-order valence-electron chi connectivity index (χ4n) is 3.19. The van der Waals surface area contributed by atoms with Crippen molar-refractivity contribution in [3.63, 3.8) is 0 Å². The maximum Gasteiger partial charge on any atom is 0.329 e. The first-order valence-corrected chi connectivity index (χ1v) is 9.59. The minimum absolute atomic E-state index is 0.00395. The predicted molar refractivity (Wildman–Crippen MR) is 114 cm³/mol. The van der Waals surface area contributed by atoms with Crippen LogP contribution in [0.25, 0.3) is 0 Å². The van der Waals surface area contributed by atoms with Crippen LogP contribution >= 0.6 is 0 Å². The summed E-state index contributed by atoms with van der Waals surface area (Å²) in [5, 5.41) is 14.2. The Kier molecular flexibility index (Phi) is 6.31. The monoisotopic (exact) mass is 419 g/mol. The number of hydrogen-bond donors (Lipinski definition) is 2. The van der Waals surface area contributed by atoms with Gasteiger partial charge in [-0.25, -0.2) is 9.69 Å². The van der Waals surface area contributed by atoms with Crippen molar-refractivity contribution in [2.75, 3.05) is 22.2 Å². The standard InChI is InChI=1S/C22H21N5O4/c1-14(28)26(2)19-6-4-3-5-17(19)24-20(29)12-11-18-21(30)27(22(31)25-18)16-9-7-15(13-23)8-10-16/h3-10,18H,11-12H2,1-2H3,(H,24,29)(H,25,31). The van der Waals surface area contributed by atoms with Crippen LogP contribution in [0.3, 0.4) is 0 Å². The Morgan fingerprint density at radius 2 is 1.84 bits per heavy atom. The first-order chi connectivity index (χ1) is 14.8. The van der Waals surface area contributed by atoms with Gasteiger partial charge in [0.25, 0.3) is 5.91 Å². The topological polar surface area (TPSA) is 123 Å². The minimum Gasteiger partial charge on any atom is -0.325 e. The number of carbonyl (C=O) groups excluding carboxylic acids is 4. The first-order valence-electron chi connectivity index (χ1n) is 9.59. The van der Waals surface area contributed by atoms with E-state index in [0.29, 0.717) is 22.6 Å². The molecule has 0 bridgehead atoms. The summed E-state index contributed by atoms with van der Waals surface area (Å²) in [6.45, 7) is 1.42. The molecule has 0 aromatic heterocycles. The van der Waals surface area contributed by atoms with Crippen LogP contribution in [0.4, 0.5) is 21.9 Å². The SMILES string of the molecule is CC(=O)N(C)c1ccccc1NC(=O)CCC1NC(=O)N(c2ccc(C#N)cc2)C1=O. The summed E-state index contributed by atoms with van der Waals surface area (Å²) < 4.78 is 0. The molecule has 31 heavy (non-hydrogen) atoms. The van der Waals surface area contributed by atoms with Crippen molar-refractivity contribution < 1.29 is 19.2 Å². The molecular weight excluding hydrogens is 398 g/mol. The van der Waals surface area contributed by atoms with E-state index in [1.807, 2.05) is 6.07 Å². The number of nitriles is 1. The number of rotatable bonds is 6. The zero-order valence-electron chi connectivity index (χ0n) is 17.1. The van der Waals surface area contributed by atoms with Crippen LogP contribution in [0, 0.1) is 11.3 Å². The highest BCUT2D eigenvalue weighted by atomic mass is 16.2. The summed E-state index contributed by atoms with van der Waals surface area (Å²) in [4.78, 5) is 51.4. The number of para-hydroxylation sites is 2. The second-order valence-corrected chi connectivity index (χ2v) is 7.02. The molecule has 1 aliphatic rings. The molecule has 5 amide bonds. The van der Waals surface area contributed by atoms with E-state index < -0.39 is 18.0 Å². The summed E-state index contributed by atoms with van der Waals surface area (Å²) >= 11 is 0. The zero-order valence-corrected chi connectivity index (χ0v) is 17.1. The molecule has 1 saturated heterocycles. The van der Waals surface area contributed by atoms with E-state index in [0.717, 1.165) is 4.90 Å². The third-order valence-electron chi connectivity index (χ3n) is 4.95. The summed E-state index contributed by atoms with van der Waals surface area (Å²) in [5.41, 5.74) is 1.81. The first kappa shape index (κ1) is 21.5. The third-order valence-corrected chi connectivity index (χ3v) is 4.95. The second kappa shape index (κ2) is 9.09. The average molecular weight is 419 g/mol. The molecule has 0 radical (unpaired) electrons. The predicted octanol–water partition coefficient (Wildman–Crippen LogP) is 2.38.